The summed E-state index contributed by atoms with van der Waals surface area (Å²) in [6.07, 6.45) is -0.845. The van der Waals surface area contributed by atoms with Gasteiger partial charge in [0.2, 0.25) is 18.0 Å². The molecule has 0 N–H and O–H groups in total. The molecule has 0 spiro atoms. The topological polar surface area (TPSA) is 81.1 Å². The molecule has 5 aromatic rings. The number of para-hydroxylation sites is 1. The number of benzene rings is 4. The molecule has 0 unspecified atom stereocenters. The van der Waals surface area contributed by atoms with Crippen LogP contribution in [0.1, 0.15) is 31.2 Å². The highest BCUT2D eigenvalue weighted by atomic mass is 16.5. The third kappa shape index (κ3) is 4.14. The summed E-state index contributed by atoms with van der Waals surface area (Å²) < 4.78 is 12.0. The maximum atomic E-state index is 12.9. The minimum absolute atomic E-state index is 0.195. The number of pyridine rings is 1. The molecule has 1 aromatic heterocycles. The van der Waals surface area contributed by atoms with Gasteiger partial charge in [-0.15, -0.1) is 5.10 Å². The Morgan fingerprint density at radius 2 is 1.55 bits per heavy atom. The van der Waals surface area contributed by atoms with Gasteiger partial charge in [-0.2, -0.15) is 5.01 Å². The Morgan fingerprint density at radius 1 is 0.842 bits per heavy atom. The van der Waals surface area contributed by atoms with E-state index in [4.69, 9.17) is 14.5 Å². The van der Waals surface area contributed by atoms with Gasteiger partial charge in [0, 0.05) is 30.4 Å². The monoisotopic (exact) mass is 501 g/mol. The number of hydrazone groups is 1. The Hall–Kier alpha value is -5.04. The minimum atomic E-state index is -0.845. The van der Waals surface area contributed by atoms with Gasteiger partial charge in [0.05, 0.1) is 16.8 Å². The number of amides is 1. The van der Waals surface area contributed by atoms with Crippen LogP contribution in [0.15, 0.2) is 102 Å². The normalized spacial score (nSPS) is 14.8. The number of fused-ring (bicyclic) bond motifs is 2. The average molecular weight is 502 g/mol. The van der Waals surface area contributed by atoms with Gasteiger partial charge >= 0.3 is 5.97 Å². The third-order valence-electron chi connectivity index (χ3n) is 6.41. The summed E-state index contributed by atoms with van der Waals surface area (Å²) in [5.41, 5.74) is 3.73. The lowest BCUT2D eigenvalue weighted by molar-refractivity contribution is -0.135. The number of rotatable bonds is 4. The zero-order chi connectivity index (χ0) is 26.2. The maximum absolute atomic E-state index is 12.9. The predicted octanol–water partition coefficient (Wildman–Crippen LogP) is 6.22. The Morgan fingerprint density at radius 3 is 2.32 bits per heavy atom. The van der Waals surface area contributed by atoms with E-state index in [9.17, 15) is 9.59 Å². The molecule has 4 aromatic carbocycles. The third-order valence-corrected chi connectivity index (χ3v) is 6.41. The smallest absolute Gasteiger partial charge is 0.308 e. The zero-order valence-electron chi connectivity index (χ0n) is 20.8. The van der Waals surface area contributed by atoms with Crippen molar-refractivity contribution in [2.75, 3.05) is 0 Å². The molecule has 7 nitrogen and oxygen atoms in total. The van der Waals surface area contributed by atoms with E-state index >= 15 is 0 Å². The molecule has 0 saturated heterocycles. The number of hydrogen-bond acceptors (Lipinski definition) is 6. The number of hydrogen-bond donors (Lipinski definition) is 0. The van der Waals surface area contributed by atoms with Crippen LogP contribution < -0.4 is 4.74 Å². The molecule has 1 amide bonds. The van der Waals surface area contributed by atoms with E-state index in [1.807, 2.05) is 91.0 Å². The van der Waals surface area contributed by atoms with Crippen molar-refractivity contribution in [2.24, 2.45) is 5.10 Å². The molecular formula is C31H23N3O4. The minimum Gasteiger partial charge on any atom is -0.446 e. The molecule has 2 heterocycles. The predicted molar refractivity (Wildman–Crippen MR) is 145 cm³/mol. The first-order valence-corrected chi connectivity index (χ1v) is 12.2. The van der Waals surface area contributed by atoms with Gasteiger partial charge in [0.1, 0.15) is 5.75 Å². The van der Waals surface area contributed by atoms with Crippen LogP contribution in [0, 0.1) is 0 Å². The number of aromatic nitrogens is 1. The molecular weight excluding hydrogens is 478 g/mol. The quantitative estimate of drug-likeness (QED) is 0.216. The lowest BCUT2D eigenvalue weighted by Crippen LogP contribution is -2.25. The van der Waals surface area contributed by atoms with Crippen molar-refractivity contribution in [2.45, 2.75) is 20.1 Å². The van der Waals surface area contributed by atoms with Gasteiger partial charge in [0.15, 0.2) is 0 Å². The van der Waals surface area contributed by atoms with Gasteiger partial charge in [-0.3, -0.25) is 9.59 Å². The lowest BCUT2D eigenvalue weighted by Gasteiger charge is -2.22. The zero-order valence-corrected chi connectivity index (χ0v) is 20.8. The highest BCUT2D eigenvalue weighted by molar-refractivity contribution is 6.10. The molecule has 0 aliphatic carbocycles. The summed E-state index contributed by atoms with van der Waals surface area (Å²) in [4.78, 5) is 29.6. The molecule has 0 saturated carbocycles. The molecule has 1 aliphatic rings. The van der Waals surface area contributed by atoms with E-state index < -0.39 is 12.2 Å². The number of esters is 1. The van der Waals surface area contributed by atoms with Crippen LogP contribution in [0.5, 0.6) is 5.75 Å². The van der Waals surface area contributed by atoms with Crippen LogP contribution in [-0.2, 0) is 14.3 Å². The van der Waals surface area contributed by atoms with Crippen molar-refractivity contribution < 1.29 is 19.1 Å². The van der Waals surface area contributed by atoms with Gasteiger partial charge in [-0.05, 0) is 29.0 Å². The highest BCUT2D eigenvalue weighted by Crippen LogP contribution is 2.39. The number of carbonyl (C=O) groups excluding carboxylic acids is 2. The first kappa shape index (κ1) is 23.4. The highest BCUT2D eigenvalue weighted by Gasteiger charge is 2.36. The van der Waals surface area contributed by atoms with Crippen molar-refractivity contribution in [3.63, 3.8) is 0 Å². The summed E-state index contributed by atoms with van der Waals surface area (Å²) in [5, 5.41) is 8.49. The van der Waals surface area contributed by atoms with Crippen molar-refractivity contribution in [3.8, 4) is 17.0 Å². The fourth-order valence-electron chi connectivity index (χ4n) is 4.74. The summed E-state index contributed by atoms with van der Waals surface area (Å²) >= 11 is 0. The second-order valence-corrected chi connectivity index (χ2v) is 8.97. The summed E-state index contributed by atoms with van der Waals surface area (Å²) in [6.45, 7) is 2.79. The Bertz CT molecular complexity index is 1750. The number of carbonyl (C=O) groups is 2. The molecule has 6 rings (SSSR count). The summed E-state index contributed by atoms with van der Waals surface area (Å²) in [7, 11) is 0. The molecule has 38 heavy (non-hydrogen) atoms. The molecule has 0 bridgehead atoms. The fourth-order valence-corrected chi connectivity index (χ4v) is 4.74. The molecule has 0 radical (unpaired) electrons. The summed E-state index contributed by atoms with van der Waals surface area (Å²) in [5.74, 6) is -0.252. The van der Waals surface area contributed by atoms with Gasteiger partial charge < -0.3 is 9.47 Å². The van der Waals surface area contributed by atoms with Crippen LogP contribution in [0.3, 0.4) is 0 Å². The fraction of sp³-hybridized carbons (Fsp3) is 0.0968. The van der Waals surface area contributed by atoms with Crippen molar-refractivity contribution in [3.05, 3.63) is 108 Å². The lowest BCUT2D eigenvalue weighted by atomic mass is 10.0. The van der Waals surface area contributed by atoms with Crippen LogP contribution in [0.2, 0.25) is 0 Å². The standard InChI is InChI=1S/C31H23N3O4/c1-19(35)34-31(25-18-27(22-11-4-3-5-12-22)32-26-15-9-8-14-24(25)26)38-30(33-34)29-23-13-7-6-10-21(23)16-17-28(29)37-20(2)36/h3-18,31H,1-2H3/t31-/m0/s1. The molecule has 0 fully saturated rings. The van der Waals surface area contributed by atoms with Gasteiger partial charge in [0.25, 0.3) is 0 Å². The van der Waals surface area contributed by atoms with E-state index in [2.05, 4.69) is 5.10 Å². The Balaban J connectivity index is 1.53. The van der Waals surface area contributed by atoms with Crippen molar-refractivity contribution >= 4 is 39.4 Å². The number of nitrogens with zero attached hydrogens (tertiary/aromatic N) is 3. The Labute approximate surface area is 218 Å². The second kappa shape index (κ2) is 9.44. The van der Waals surface area contributed by atoms with Crippen molar-refractivity contribution in [1.29, 1.82) is 0 Å². The van der Waals surface area contributed by atoms with E-state index in [0.717, 1.165) is 38.5 Å². The second-order valence-electron chi connectivity index (χ2n) is 8.97. The van der Waals surface area contributed by atoms with Crippen molar-refractivity contribution in [1.82, 2.24) is 9.99 Å². The van der Waals surface area contributed by atoms with E-state index in [1.165, 1.54) is 18.9 Å². The van der Waals surface area contributed by atoms with E-state index in [-0.39, 0.29) is 11.8 Å². The largest absolute Gasteiger partial charge is 0.446 e. The Kier molecular flexibility index (Phi) is 5.81. The maximum Gasteiger partial charge on any atom is 0.308 e. The molecule has 186 valence electrons. The van der Waals surface area contributed by atoms with Crippen LogP contribution in [0.4, 0.5) is 0 Å². The SMILES string of the molecule is CC(=O)Oc1ccc2ccccc2c1C1=NN(C(C)=O)[C@H](c2cc(-c3ccccc3)nc3ccccc23)O1. The van der Waals surface area contributed by atoms with Crippen LogP contribution >= 0.6 is 0 Å². The summed E-state index contributed by atoms with van der Waals surface area (Å²) in [6, 6.07) is 30.8. The molecule has 7 heteroatoms. The molecule has 1 atom stereocenters. The first-order chi connectivity index (χ1) is 18.5. The van der Waals surface area contributed by atoms with Gasteiger partial charge in [-0.1, -0.05) is 78.9 Å². The van der Waals surface area contributed by atoms with Crippen LogP contribution in [0.25, 0.3) is 32.9 Å². The first-order valence-electron chi connectivity index (χ1n) is 12.2. The van der Waals surface area contributed by atoms with Crippen LogP contribution in [-0.4, -0.2) is 27.8 Å². The number of ether oxygens (including phenoxy) is 2. The van der Waals surface area contributed by atoms with E-state index in [0.29, 0.717) is 11.3 Å². The average Bonchev–Trinajstić information content (AvgIpc) is 3.38. The van der Waals surface area contributed by atoms with Gasteiger partial charge in [-0.25, -0.2) is 4.98 Å². The molecule has 1 aliphatic heterocycles. The van der Waals surface area contributed by atoms with E-state index in [1.54, 1.807) is 6.07 Å².